The van der Waals surface area contributed by atoms with E-state index in [0.29, 0.717) is 38.9 Å². The van der Waals surface area contributed by atoms with Crippen LogP contribution in [0.15, 0.2) is 48.5 Å². The number of carbonyl (C=O) groups excluding carboxylic acids is 2. The van der Waals surface area contributed by atoms with Crippen molar-refractivity contribution in [3.05, 3.63) is 59.7 Å². The molecule has 332 valence electrons. The first-order valence-electron chi connectivity index (χ1n) is 20.2. The average Bonchev–Trinajstić information content (AvgIpc) is 3.24. The second kappa shape index (κ2) is 30.3. The number of hydrogen-bond donors (Lipinski definition) is 4. The predicted octanol–water partition coefficient (Wildman–Crippen LogP) is 5.29. The molecule has 0 aromatic heterocycles. The monoisotopic (exact) mass is 900 g/mol. The number of esters is 2. The molecule has 4 unspecified atom stereocenters. The Kier molecular flexibility index (Phi) is 28.9. The molecule has 0 bridgehead atoms. The van der Waals surface area contributed by atoms with Gasteiger partial charge in [0, 0.05) is 60.5 Å². The number of carboxylic acids is 2. The third-order valence-electron chi connectivity index (χ3n) is 10.2. The van der Waals surface area contributed by atoms with Crippen molar-refractivity contribution in [2.45, 2.75) is 105 Å². The molecule has 2 saturated carbocycles. The Labute approximate surface area is 367 Å². The van der Waals surface area contributed by atoms with Gasteiger partial charge in [0.15, 0.2) is 0 Å². The van der Waals surface area contributed by atoms with E-state index in [1.54, 1.807) is 0 Å². The van der Waals surface area contributed by atoms with Crippen molar-refractivity contribution < 1.29 is 87.9 Å². The molecule has 2 aromatic rings. The Balaban J connectivity index is 0.000000759. The molecular weight excluding hydrogens is 832 g/mol. The third-order valence-corrected chi connectivity index (χ3v) is 14.5. The second-order valence-electron chi connectivity index (χ2n) is 14.4. The van der Waals surface area contributed by atoms with E-state index in [1.807, 2.05) is 76.2 Å². The zero-order valence-corrected chi connectivity index (χ0v) is 39.8. The van der Waals surface area contributed by atoms with Crippen molar-refractivity contribution in [1.29, 1.82) is 0 Å². The number of aryl methyl sites for hydroxylation is 2. The minimum absolute atomic E-state index is 0. The molecule has 4 atom stereocenters. The van der Waals surface area contributed by atoms with Gasteiger partial charge >= 0.3 is 41.5 Å². The third kappa shape index (κ3) is 19.7. The first kappa shape index (κ1) is 56.2. The quantitative estimate of drug-likeness (QED) is 0.0961. The SMILES string of the molecule is CCCCOC(=O)C1CCCCC1C(=O)O.CCCCOC(=O)C1CCCCC1C(=O)O.CO[Si](O)(OC)c1ccc(C)cc1.CO[Si](O)(OC)c1ccc(C)cc1.[Ti]. The summed E-state index contributed by atoms with van der Waals surface area (Å²) < 4.78 is 30.1. The molecular formula is C42H68O14Si2Ti. The van der Waals surface area contributed by atoms with E-state index in [0.717, 1.165) is 72.9 Å². The number of aliphatic carboxylic acids is 2. The number of carbonyl (C=O) groups is 4. The van der Waals surface area contributed by atoms with Gasteiger partial charge in [0.25, 0.3) is 0 Å². The molecule has 17 heteroatoms. The molecule has 0 aliphatic heterocycles. The van der Waals surface area contributed by atoms with Gasteiger partial charge in [-0.15, -0.1) is 0 Å². The summed E-state index contributed by atoms with van der Waals surface area (Å²) in [5.41, 5.74) is 2.29. The van der Waals surface area contributed by atoms with Gasteiger partial charge < -0.3 is 47.0 Å². The van der Waals surface area contributed by atoms with Gasteiger partial charge in [-0.25, -0.2) is 0 Å². The minimum atomic E-state index is -3.10. The summed E-state index contributed by atoms with van der Waals surface area (Å²) in [6, 6.07) is 15.0. The number of carboxylic acid groups (broad SMARTS) is 2. The molecule has 2 fully saturated rings. The maximum atomic E-state index is 11.7. The van der Waals surface area contributed by atoms with Crippen LogP contribution >= 0.6 is 0 Å². The molecule has 4 N–H and O–H groups in total. The van der Waals surface area contributed by atoms with Gasteiger partial charge in [0.1, 0.15) is 0 Å². The predicted molar refractivity (Wildman–Crippen MR) is 224 cm³/mol. The van der Waals surface area contributed by atoms with Crippen LogP contribution in [-0.4, -0.2) is 103 Å². The van der Waals surface area contributed by atoms with E-state index < -0.39 is 53.2 Å². The first-order valence-corrected chi connectivity index (χ1v) is 23.7. The van der Waals surface area contributed by atoms with Crippen LogP contribution in [0.4, 0.5) is 0 Å². The molecule has 0 heterocycles. The maximum absolute atomic E-state index is 11.7. The topological polar surface area (TPSA) is 205 Å². The fraction of sp³-hybridized carbons (Fsp3) is 0.619. The number of rotatable bonds is 16. The van der Waals surface area contributed by atoms with Crippen LogP contribution in [0.25, 0.3) is 0 Å². The van der Waals surface area contributed by atoms with Crippen molar-refractivity contribution in [3.8, 4) is 0 Å². The maximum Gasteiger partial charge on any atom is 0.533 e. The molecule has 2 aliphatic rings. The Bertz CT molecular complexity index is 1380. The van der Waals surface area contributed by atoms with Crippen LogP contribution in [0.5, 0.6) is 0 Å². The zero-order chi connectivity index (χ0) is 43.7. The smallest absolute Gasteiger partial charge is 0.481 e. The Morgan fingerprint density at radius 1 is 0.542 bits per heavy atom. The van der Waals surface area contributed by atoms with Crippen LogP contribution in [0.1, 0.15) is 102 Å². The summed E-state index contributed by atoms with van der Waals surface area (Å²) >= 11 is 0. The molecule has 0 spiro atoms. The van der Waals surface area contributed by atoms with E-state index in [9.17, 15) is 28.8 Å². The van der Waals surface area contributed by atoms with E-state index >= 15 is 0 Å². The average molecular weight is 901 g/mol. The summed E-state index contributed by atoms with van der Waals surface area (Å²) in [5.74, 6) is -4.30. The van der Waals surface area contributed by atoms with Crippen molar-refractivity contribution in [1.82, 2.24) is 0 Å². The van der Waals surface area contributed by atoms with Gasteiger partial charge in [-0.1, -0.05) is 112 Å². The number of benzene rings is 2. The molecule has 0 saturated heterocycles. The van der Waals surface area contributed by atoms with Gasteiger partial charge in [-0.05, 0) is 52.4 Å². The summed E-state index contributed by atoms with van der Waals surface area (Å²) in [5, 5.41) is 19.5. The Morgan fingerprint density at radius 3 is 1.05 bits per heavy atom. The van der Waals surface area contributed by atoms with Crippen LogP contribution in [-0.2, 0) is 68.1 Å². The molecule has 2 aromatic carbocycles. The van der Waals surface area contributed by atoms with E-state index in [-0.39, 0.29) is 33.7 Å². The standard InChI is InChI=1S/2C12H20O4.2C9H14O3Si.Ti/c2*1-2-3-8-16-12(15)10-7-5-4-6-9(10)11(13)14;2*1-8-4-6-9(7-5-8)13(10,11-2)12-3;/h2*9-10H,2-8H2,1H3,(H,13,14);2*4-7,10H,1-3H3;. The normalized spacial score (nSPS) is 18.7. The fourth-order valence-corrected chi connectivity index (χ4v) is 8.88. The molecule has 59 heavy (non-hydrogen) atoms. The van der Waals surface area contributed by atoms with Crippen molar-refractivity contribution in [2.24, 2.45) is 23.7 Å². The summed E-state index contributed by atoms with van der Waals surface area (Å²) in [4.78, 5) is 65.2. The number of hydrogen-bond acceptors (Lipinski definition) is 12. The number of unbranched alkanes of at least 4 members (excludes halogenated alkanes) is 2. The van der Waals surface area contributed by atoms with E-state index in [1.165, 1.54) is 28.4 Å². The molecule has 2 aliphatic carbocycles. The minimum Gasteiger partial charge on any atom is -0.481 e. The number of ether oxygens (including phenoxy) is 2. The molecule has 0 radical (unpaired) electrons. The summed E-state index contributed by atoms with van der Waals surface area (Å²) in [6.45, 7) is 8.85. The molecule has 4 rings (SSSR count). The Hall–Kier alpha value is -2.77. The van der Waals surface area contributed by atoms with Crippen LogP contribution < -0.4 is 10.4 Å². The molecule has 14 nitrogen and oxygen atoms in total. The van der Waals surface area contributed by atoms with Crippen LogP contribution in [0, 0.1) is 37.5 Å². The first-order chi connectivity index (χ1) is 27.6. The second-order valence-corrected chi connectivity index (χ2v) is 19.5. The summed E-state index contributed by atoms with van der Waals surface area (Å²) in [7, 11) is -0.377. The van der Waals surface area contributed by atoms with Gasteiger partial charge in [-0.2, -0.15) is 0 Å². The van der Waals surface area contributed by atoms with Gasteiger partial charge in [0.05, 0.1) is 36.9 Å². The largest absolute Gasteiger partial charge is 0.533 e. The van der Waals surface area contributed by atoms with Gasteiger partial charge in [-0.3, -0.25) is 19.2 Å². The van der Waals surface area contributed by atoms with Crippen LogP contribution in [0.3, 0.4) is 0 Å². The van der Waals surface area contributed by atoms with Crippen molar-refractivity contribution in [2.75, 3.05) is 41.7 Å². The van der Waals surface area contributed by atoms with E-state index in [2.05, 4.69) is 0 Å². The van der Waals surface area contributed by atoms with Gasteiger partial charge in [0.2, 0.25) is 0 Å². The van der Waals surface area contributed by atoms with E-state index in [4.69, 9.17) is 37.4 Å². The van der Waals surface area contributed by atoms with Crippen molar-refractivity contribution >= 4 is 51.9 Å². The van der Waals surface area contributed by atoms with Crippen molar-refractivity contribution in [3.63, 3.8) is 0 Å². The fourth-order valence-electron chi connectivity index (χ4n) is 6.43. The van der Waals surface area contributed by atoms with Crippen LogP contribution in [0.2, 0.25) is 0 Å². The Morgan fingerprint density at radius 2 is 0.814 bits per heavy atom. The molecule has 0 amide bonds. The zero-order valence-electron chi connectivity index (χ0n) is 36.2. The summed E-state index contributed by atoms with van der Waals surface area (Å²) in [6.07, 6.45) is 9.79.